The van der Waals surface area contributed by atoms with Crippen LogP contribution in [0.1, 0.15) is 159 Å². The molecular formula is C42H71N5O13S2. The van der Waals surface area contributed by atoms with Gasteiger partial charge in [0.2, 0.25) is 17.7 Å². The van der Waals surface area contributed by atoms with E-state index in [0.29, 0.717) is 24.8 Å². The number of unbranched alkanes of at least 4 members (excludes halogenated alkanes) is 15. The van der Waals surface area contributed by atoms with Gasteiger partial charge in [0.25, 0.3) is 26.1 Å². The van der Waals surface area contributed by atoms with Gasteiger partial charge in [0.15, 0.2) is 5.78 Å². The van der Waals surface area contributed by atoms with Gasteiger partial charge in [0.05, 0.1) is 11.7 Å². The summed E-state index contributed by atoms with van der Waals surface area (Å²) in [4.78, 5) is 74.6. The molecule has 62 heavy (non-hydrogen) atoms. The Bertz CT molecular complexity index is 1740. The van der Waals surface area contributed by atoms with Crippen molar-refractivity contribution in [2.75, 3.05) is 29.9 Å². The fourth-order valence-electron chi connectivity index (χ4n) is 6.74. The monoisotopic (exact) mass is 917 g/mol. The quantitative estimate of drug-likeness (QED) is 0.0322. The van der Waals surface area contributed by atoms with Gasteiger partial charge in [-0.15, -0.1) is 0 Å². The number of nitrogens with two attached hydrogens (primary N) is 1. The molecule has 4 amide bonds. The number of hydrogen-bond acceptors (Lipinski definition) is 11. The van der Waals surface area contributed by atoms with Gasteiger partial charge in [-0.05, 0) is 62.8 Å². The van der Waals surface area contributed by atoms with Crippen LogP contribution in [0.5, 0.6) is 0 Å². The topological polar surface area (TPSA) is 306 Å². The molecule has 18 nitrogen and oxygen atoms in total. The van der Waals surface area contributed by atoms with E-state index in [-0.39, 0.29) is 38.1 Å². The molecule has 0 aliphatic heterocycles. The van der Waals surface area contributed by atoms with E-state index < -0.39 is 85.6 Å². The Morgan fingerprint density at radius 1 is 0.629 bits per heavy atom. The molecule has 0 heterocycles. The molecule has 1 rings (SSSR count). The molecule has 0 saturated heterocycles. The van der Waals surface area contributed by atoms with Gasteiger partial charge in [-0.25, -0.2) is 0 Å². The van der Waals surface area contributed by atoms with Gasteiger partial charge < -0.3 is 32.1 Å². The summed E-state index contributed by atoms with van der Waals surface area (Å²) >= 11 is 0. The van der Waals surface area contributed by atoms with Crippen LogP contribution in [-0.2, 0) is 44.2 Å². The van der Waals surface area contributed by atoms with Crippen molar-refractivity contribution >= 4 is 61.3 Å². The summed E-state index contributed by atoms with van der Waals surface area (Å²) in [6.07, 6.45) is 15.4. The molecule has 0 fully saturated rings. The lowest BCUT2D eigenvalue weighted by Crippen LogP contribution is -2.50. The highest BCUT2D eigenvalue weighted by Gasteiger charge is 2.34. The number of anilines is 1. The summed E-state index contributed by atoms with van der Waals surface area (Å²) in [5, 5.41) is 19.2. The second kappa shape index (κ2) is 31.7. The Balaban J connectivity index is 2.59. The first kappa shape index (κ1) is 55.9. The first-order valence-electron chi connectivity index (χ1n) is 22.0. The van der Waals surface area contributed by atoms with Crippen LogP contribution < -0.4 is 27.0 Å². The number of rotatable bonds is 38. The number of aliphatic carboxylic acids is 1. The number of nitrogens with one attached hydrogen (secondary N) is 4. The zero-order chi connectivity index (χ0) is 46.4. The number of Topliss-reactive ketones (excluding diaryl/α,β-unsaturated/α-hetero) is 1. The van der Waals surface area contributed by atoms with Crippen molar-refractivity contribution in [1.82, 2.24) is 16.0 Å². The molecule has 0 spiro atoms. The third kappa shape index (κ3) is 29.2. The fourth-order valence-corrected chi connectivity index (χ4v) is 8.21. The van der Waals surface area contributed by atoms with E-state index in [0.717, 1.165) is 102 Å². The van der Waals surface area contributed by atoms with Crippen molar-refractivity contribution in [1.29, 1.82) is 0 Å². The number of ketones is 1. The molecule has 3 atom stereocenters. The van der Waals surface area contributed by atoms with Crippen molar-refractivity contribution < 1.29 is 59.8 Å². The summed E-state index contributed by atoms with van der Waals surface area (Å²) < 4.78 is 66.3. The van der Waals surface area contributed by atoms with E-state index in [2.05, 4.69) is 28.2 Å². The highest BCUT2D eigenvalue weighted by molar-refractivity contribution is 7.86. The van der Waals surface area contributed by atoms with Crippen LogP contribution in [-0.4, -0.2) is 103 Å². The van der Waals surface area contributed by atoms with Crippen molar-refractivity contribution in [3.63, 3.8) is 0 Å². The molecule has 0 unspecified atom stereocenters. The molecule has 354 valence electrons. The number of hydrogen-bond donors (Lipinski definition) is 8. The van der Waals surface area contributed by atoms with Crippen LogP contribution in [0, 0.1) is 5.92 Å². The molecule has 20 heteroatoms. The second-order valence-corrected chi connectivity index (χ2v) is 18.9. The van der Waals surface area contributed by atoms with Gasteiger partial charge >= 0.3 is 5.97 Å². The number of carbonyl (C=O) groups excluding carboxylic acids is 5. The number of carbonyl (C=O) groups is 6. The molecule has 0 aromatic heterocycles. The lowest BCUT2D eigenvalue weighted by molar-refractivity contribution is -0.137. The SMILES string of the molecule is CCCCNc1ccc(C(=O)NCCCC[C@H](NC(=O)[C@@H](CC(=O)[C@H](CS(=O)(=O)O)NC(=O)CCCCCCCCCCCCCCCCC(=O)O)CS(=O)(=O)O)C(N)=O)cc1. The average Bonchev–Trinajstić information content (AvgIpc) is 3.18. The number of amides is 4. The zero-order valence-electron chi connectivity index (χ0n) is 36.2. The van der Waals surface area contributed by atoms with Crippen LogP contribution >= 0.6 is 0 Å². The van der Waals surface area contributed by atoms with Crippen molar-refractivity contribution in [2.45, 2.75) is 160 Å². The average molecular weight is 918 g/mol. The minimum atomic E-state index is -4.89. The Hall–Kier alpha value is -4.14. The van der Waals surface area contributed by atoms with Gasteiger partial charge in [-0.1, -0.05) is 90.4 Å². The van der Waals surface area contributed by atoms with E-state index >= 15 is 0 Å². The lowest BCUT2D eigenvalue weighted by Gasteiger charge is -2.22. The van der Waals surface area contributed by atoms with Gasteiger partial charge in [-0.2, -0.15) is 16.8 Å². The number of benzene rings is 1. The summed E-state index contributed by atoms with van der Waals surface area (Å²) in [5.41, 5.74) is 6.82. The molecule has 0 saturated carbocycles. The summed E-state index contributed by atoms with van der Waals surface area (Å²) in [6, 6.07) is 3.80. The molecule has 1 aromatic carbocycles. The van der Waals surface area contributed by atoms with Gasteiger partial charge in [-0.3, -0.25) is 37.9 Å². The largest absolute Gasteiger partial charge is 0.481 e. The maximum atomic E-state index is 13.3. The third-order valence-corrected chi connectivity index (χ3v) is 11.8. The van der Waals surface area contributed by atoms with Crippen LogP contribution in [0.25, 0.3) is 0 Å². The first-order chi connectivity index (χ1) is 29.3. The minimum absolute atomic E-state index is 0.0238. The highest BCUT2D eigenvalue weighted by Crippen LogP contribution is 2.16. The van der Waals surface area contributed by atoms with Crippen molar-refractivity contribution in [3.8, 4) is 0 Å². The molecule has 0 radical (unpaired) electrons. The third-order valence-electron chi connectivity index (χ3n) is 10.2. The van der Waals surface area contributed by atoms with Gasteiger partial charge in [0.1, 0.15) is 17.8 Å². The summed E-state index contributed by atoms with van der Waals surface area (Å²) in [6.45, 7) is 3.13. The van der Waals surface area contributed by atoms with Crippen LogP contribution in [0.2, 0.25) is 0 Å². The Kier molecular flexibility index (Phi) is 28.5. The Morgan fingerprint density at radius 3 is 1.63 bits per heavy atom. The molecule has 0 bridgehead atoms. The van der Waals surface area contributed by atoms with E-state index in [9.17, 15) is 54.7 Å². The van der Waals surface area contributed by atoms with E-state index in [4.69, 9.17) is 10.8 Å². The minimum Gasteiger partial charge on any atom is -0.481 e. The maximum Gasteiger partial charge on any atom is 0.303 e. The lowest BCUT2D eigenvalue weighted by atomic mass is 9.98. The predicted octanol–water partition coefficient (Wildman–Crippen LogP) is 4.93. The molecule has 1 aromatic rings. The normalized spacial score (nSPS) is 13.1. The summed E-state index contributed by atoms with van der Waals surface area (Å²) in [7, 11) is -9.74. The van der Waals surface area contributed by atoms with Crippen LogP contribution in [0.4, 0.5) is 5.69 Å². The van der Waals surface area contributed by atoms with E-state index in [1.807, 2.05) is 0 Å². The van der Waals surface area contributed by atoms with E-state index in [1.54, 1.807) is 24.3 Å². The van der Waals surface area contributed by atoms with Crippen LogP contribution in [0.3, 0.4) is 0 Å². The zero-order valence-corrected chi connectivity index (χ0v) is 37.9. The van der Waals surface area contributed by atoms with Crippen molar-refractivity contribution in [2.24, 2.45) is 11.7 Å². The summed E-state index contributed by atoms with van der Waals surface area (Å²) in [5.74, 6) is -9.34. The predicted molar refractivity (Wildman–Crippen MR) is 237 cm³/mol. The van der Waals surface area contributed by atoms with Gasteiger partial charge in [0, 0.05) is 43.6 Å². The standard InChI is InChI=1S/C42H71N5O13S2/c1-2-3-27-44-34-25-23-32(24-26-34)41(53)45-28-19-18-20-35(40(43)52)47-42(54)33(30-61(55,56)57)29-37(48)36(31-62(58,59)60)46-38(49)21-16-14-12-10-8-6-4-5-7-9-11-13-15-17-22-39(50)51/h23-26,33,35-36,44H,2-22,27-31H2,1H3,(H2,43,52)(H,45,53)(H,46,49)(H,47,54)(H,50,51)(H,55,56,57)(H,58,59,60)/t33-,35-,36-/m0/s1. The fraction of sp³-hybridized carbons (Fsp3) is 0.714. The van der Waals surface area contributed by atoms with E-state index in [1.165, 1.54) is 0 Å². The first-order valence-corrected chi connectivity index (χ1v) is 25.2. The highest BCUT2D eigenvalue weighted by atomic mass is 32.2. The number of carboxylic acids is 1. The molecular weight excluding hydrogens is 847 g/mol. The molecule has 9 N–H and O–H groups in total. The Labute approximate surface area is 367 Å². The Morgan fingerprint density at radius 2 is 1.15 bits per heavy atom. The van der Waals surface area contributed by atoms with Crippen molar-refractivity contribution in [3.05, 3.63) is 29.8 Å². The number of primary amides is 1. The number of carboxylic acid groups (broad SMARTS) is 1. The smallest absolute Gasteiger partial charge is 0.303 e. The van der Waals surface area contributed by atoms with Crippen LogP contribution in [0.15, 0.2) is 24.3 Å². The molecule has 0 aliphatic rings. The molecule has 0 aliphatic carbocycles. The maximum absolute atomic E-state index is 13.3. The second-order valence-electron chi connectivity index (χ2n) is 15.9.